The molecule has 1 aliphatic rings. The van der Waals surface area contributed by atoms with Crippen molar-refractivity contribution < 1.29 is 14.8 Å². The Bertz CT molecular complexity index is 416. The van der Waals surface area contributed by atoms with E-state index in [1.807, 2.05) is 6.07 Å². The number of rotatable bonds is 2. The summed E-state index contributed by atoms with van der Waals surface area (Å²) in [4.78, 5) is 10.3. The Morgan fingerprint density at radius 3 is 3.00 bits per heavy atom. The first kappa shape index (κ1) is 9.92. The van der Waals surface area contributed by atoms with Crippen LogP contribution in [0.3, 0.4) is 0 Å². The highest BCUT2D eigenvalue weighted by Gasteiger charge is 2.30. The molecule has 0 spiro atoms. The number of aliphatic hydroxyl groups excluding tert-OH is 1. The van der Waals surface area contributed by atoms with Gasteiger partial charge in [-0.25, -0.2) is 0 Å². The summed E-state index contributed by atoms with van der Waals surface area (Å²) in [7, 11) is 0. The Hall–Kier alpha value is -1.62. The molecule has 80 valence electrons. The number of nitrogens with zero attached hydrogens (tertiary/aromatic N) is 1. The third-order valence-corrected chi connectivity index (χ3v) is 2.42. The number of hydrogen-bond donors (Lipinski definition) is 1. The third kappa shape index (κ3) is 1.66. The summed E-state index contributed by atoms with van der Waals surface area (Å²) in [6.45, 7) is 1.68. The summed E-state index contributed by atoms with van der Waals surface area (Å²) >= 11 is 0. The minimum Gasteiger partial charge on any atom is -0.481 e. The Morgan fingerprint density at radius 1 is 1.67 bits per heavy atom. The van der Waals surface area contributed by atoms with E-state index in [0.29, 0.717) is 12.2 Å². The highest BCUT2D eigenvalue weighted by atomic mass is 16.6. The molecule has 1 aromatic rings. The van der Waals surface area contributed by atoms with Crippen molar-refractivity contribution in [2.75, 3.05) is 6.61 Å². The van der Waals surface area contributed by atoms with E-state index in [2.05, 4.69) is 0 Å². The topological polar surface area (TPSA) is 72.6 Å². The van der Waals surface area contributed by atoms with Gasteiger partial charge in [0.15, 0.2) is 0 Å². The van der Waals surface area contributed by atoms with Crippen LogP contribution in [-0.2, 0) is 6.42 Å². The molecule has 0 saturated heterocycles. The average Bonchev–Trinajstić information content (AvgIpc) is 2.58. The number of hydrogen-bond acceptors (Lipinski definition) is 4. The van der Waals surface area contributed by atoms with Crippen LogP contribution in [0, 0.1) is 17.0 Å². The summed E-state index contributed by atoms with van der Waals surface area (Å²) < 4.78 is 5.31. The summed E-state index contributed by atoms with van der Waals surface area (Å²) in [5.41, 5.74) is 1.63. The van der Waals surface area contributed by atoms with Gasteiger partial charge < -0.3 is 9.84 Å². The summed E-state index contributed by atoms with van der Waals surface area (Å²) in [5.74, 6) is 0.310. The second-order valence-electron chi connectivity index (χ2n) is 3.66. The maximum absolute atomic E-state index is 10.8. The minimum absolute atomic E-state index is 0.0130. The van der Waals surface area contributed by atoms with Gasteiger partial charge in [0.05, 0.1) is 11.5 Å². The van der Waals surface area contributed by atoms with Gasteiger partial charge in [-0.15, -0.1) is 0 Å². The Labute approximate surface area is 86.4 Å². The number of nitro benzene ring substituents is 1. The van der Waals surface area contributed by atoms with E-state index in [1.54, 1.807) is 6.92 Å². The molecule has 1 N–H and O–H groups in total. The molecule has 1 aliphatic heterocycles. The van der Waals surface area contributed by atoms with Gasteiger partial charge in [-0.05, 0) is 12.5 Å². The zero-order chi connectivity index (χ0) is 11.0. The molecule has 5 nitrogen and oxygen atoms in total. The minimum atomic E-state index is -0.453. The largest absolute Gasteiger partial charge is 0.481 e. The van der Waals surface area contributed by atoms with Crippen molar-refractivity contribution in [1.82, 2.24) is 0 Å². The molecule has 0 aromatic heterocycles. The lowest BCUT2D eigenvalue weighted by Gasteiger charge is -2.05. The monoisotopic (exact) mass is 209 g/mol. The van der Waals surface area contributed by atoms with E-state index in [4.69, 9.17) is 9.84 Å². The van der Waals surface area contributed by atoms with E-state index in [-0.39, 0.29) is 18.4 Å². The van der Waals surface area contributed by atoms with Gasteiger partial charge in [-0.2, -0.15) is 0 Å². The third-order valence-electron chi connectivity index (χ3n) is 2.42. The fourth-order valence-electron chi connectivity index (χ4n) is 1.81. The van der Waals surface area contributed by atoms with E-state index >= 15 is 0 Å². The van der Waals surface area contributed by atoms with Gasteiger partial charge in [0.1, 0.15) is 6.10 Å². The smallest absolute Gasteiger partial charge is 0.311 e. The molecular formula is C10H11NO4. The zero-order valence-corrected chi connectivity index (χ0v) is 8.27. The fourth-order valence-corrected chi connectivity index (χ4v) is 1.81. The Morgan fingerprint density at radius 2 is 2.40 bits per heavy atom. The van der Waals surface area contributed by atoms with Crippen molar-refractivity contribution in [2.24, 2.45) is 0 Å². The van der Waals surface area contributed by atoms with Crippen LogP contribution >= 0.6 is 0 Å². The zero-order valence-electron chi connectivity index (χ0n) is 8.27. The first-order valence-electron chi connectivity index (χ1n) is 4.67. The second kappa shape index (κ2) is 3.51. The second-order valence-corrected chi connectivity index (χ2v) is 3.66. The van der Waals surface area contributed by atoms with Crippen molar-refractivity contribution in [1.29, 1.82) is 0 Å². The van der Waals surface area contributed by atoms with E-state index < -0.39 is 4.92 Å². The van der Waals surface area contributed by atoms with Crippen LogP contribution in [0.15, 0.2) is 12.1 Å². The average molecular weight is 209 g/mol. The first-order chi connectivity index (χ1) is 7.11. The summed E-state index contributed by atoms with van der Waals surface area (Å²) in [6.07, 6.45) is 0.189. The van der Waals surface area contributed by atoms with Gasteiger partial charge in [-0.1, -0.05) is 6.07 Å². The predicted molar refractivity (Wildman–Crippen MR) is 53.0 cm³/mol. The van der Waals surface area contributed by atoms with Crippen LogP contribution in [0.25, 0.3) is 0 Å². The number of aryl methyl sites for hydroxylation is 1. The molecule has 0 aliphatic carbocycles. The maximum atomic E-state index is 10.8. The van der Waals surface area contributed by atoms with Gasteiger partial charge in [-0.3, -0.25) is 10.1 Å². The van der Waals surface area contributed by atoms with Gasteiger partial charge in [0, 0.05) is 18.1 Å². The Balaban J connectivity index is 2.48. The predicted octanol–water partition coefficient (Wildman–Crippen LogP) is 1.20. The molecule has 0 radical (unpaired) electrons. The van der Waals surface area contributed by atoms with Gasteiger partial charge >= 0.3 is 5.69 Å². The van der Waals surface area contributed by atoms with Crippen LogP contribution in [0.4, 0.5) is 5.69 Å². The standard InChI is InChI=1S/C10H11NO4/c1-6-2-7-4-8(5-12)15-10(7)9(3-6)11(13)14/h2-3,8,12H,4-5H2,1H3. The SMILES string of the molecule is Cc1cc2c(c([N+](=O)[O-])c1)OC(CO)C2. The van der Waals surface area contributed by atoms with Crippen LogP contribution in [0.5, 0.6) is 5.75 Å². The maximum Gasteiger partial charge on any atom is 0.311 e. The Kier molecular flexibility index (Phi) is 2.32. The van der Waals surface area contributed by atoms with Crippen LogP contribution in [0.1, 0.15) is 11.1 Å². The normalized spacial score (nSPS) is 18.4. The molecule has 5 heteroatoms. The lowest BCUT2D eigenvalue weighted by molar-refractivity contribution is -0.385. The van der Waals surface area contributed by atoms with E-state index in [9.17, 15) is 10.1 Å². The molecule has 1 unspecified atom stereocenters. The molecule has 0 saturated carbocycles. The molecular weight excluding hydrogens is 198 g/mol. The van der Waals surface area contributed by atoms with Crippen LogP contribution in [0.2, 0.25) is 0 Å². The van der Waals surface area contributed by atoms with Crippen molar-refractivity contribution in [2.45, 2.75) is 19.4 Å². The number of nitro groups is 1. The number of benzene rings is 1. The molecule has 1 atom stereocenters. The van der Waals surface area contributed by atoms with Crippen LogP contribution < -0.4 is 4.74 Å². The quantitative estimate of drug-likeness (QED) is 0.586. The van der Waals surface area contributed by atoms with Crippen molar-refractivity contribution >= 4 is 5.69 Å². The summed E-state index contributed by atoms with van der Waals surface area (Å²) in [5, 5.41) is 19.7. The van der Waals surface area contributed by atoms with Crippen molar-refractivity contribution in [3.05, 3.63) is 33.4 Å². The molecule has 1 aromatic carbocycles. The van der Waals surface area contributed by atoms with Gasteiger partial charge in [0.2, 0.25) is 5.75 Å². The fraction of sp³-hybridized carbons (Fsp3) is 0.400. The van der Waals surface area contributed by atoms with E-state index in [0.717, 1.165) is 11.1 Å². The van der Waals surface area contributed by atoms with E-state index in [1.165, 1.54) is 6.07 Å². The number of ether oxygens (including phenoxy) is 1. The molecule has 1 heterocycles. The first-order valence-corrected chi connectivity index (χ1v) is 4.67. The molecule has 0 fully saturated rings. The number of fused-ring (bicyclic) bond motifs is 1. The highest BCUT2D eigenvalue weighted by molar-refractivity contribution is 5.56. The lowest BCUT2D eigenvalue weighted by Crippen LogP contribution is -2.17. The van der Waals surface area contributed by atoms with Gasteiger partial charge in [0.25, 0.3) is 0 Å². The lowest BCUT2D eigenvalue weighted by atomic mass is 10.1. The van der Waals surface area contributed by atoms with Crippen LogP contribution in [-0.4, -0.2) is 22.7 Å². The molecule has 0 bridgehead atoms. The number of aliphatic hydroxyl groups is 1. The molecule has 15 heavy (non-hydrogen) atoms. The highest BCUT2D eigenvalue weighted by Crippen LogP contribution is 2.38. The van der Waals surface area contributed by atoms with Crippen molar-refractivity contribution in [3.63, 3.8) is 0 Å². The molecule has 2 rings (SSSR count). The molecule has 0 amide bonds. The van der Waals surface area contributed by atoms with Crippen molar-refractivity contribution in [3.8, 4) is 5.75 Å². The summed E-state index contributed by atoms with van der Waals surface area (Å²) in [6, 6.07) is 3.34.